The summed E-state index contributed by atoms with van der Waals surface area (Å²) in [7, 11) is -2.78. The van der Waals surface area contributed by atoms with Crippen molar-refractivity contribution in [3.05, 3.63) is 84.2 Å². The fourth-order valence-corrected chi connectivity index (χ4v) is 5.58. The number of carbonyl (C=O) groups is 2. The third-order valence-corrected chi connectivity index (χ3v) is 8.06. The van der Waals surface area contributed by atoms with Crippen LogP contribution in [0.25, 0.3) is 0 Å². The minimum Gasteiger partial charge on any atom is -0.497 e. The molecule has 3 aromatic rings. The third-order valence-electron chi connectivity index (χ3n) is 6.27. The number of nitrogens with zero attached hydrogens (tertiary/aromatic N) is 2. The summed E-state index contributed by atoms with van der Waals surface area (Å²) >= 11 is 0. The van der Waals surface area contributed by atoms with Crippen molar-refractivity contribution in [2.45, 2.75) is 57.6 Å². The molecule has 2 amide bonds. The molecule has 0 aliphatic heterocycles. The van der Waals surface area contributed by atoms with Crippen molar-refractivity contribution >= 4 is 27.5 Å². The Bertz CT molecular complexity index is 1470. The summed E-state index contributed by atoms with van der Waals surface area (Å²) < 4.78 is 53.3. The lowest BCUT2D eigenvalue weighted by Crippen LogP contribution is -2.54. The molecule has 0 saturated carbocycles. The number of nitrogens with one attached hydrogen (secondary N) is 1. The highest BCUT2D eigenvalue weighted by molar-refractivity contribution is 7.92. The van der Waals surface area contributed by atoms with Gasteiger partial charge in [0.2, 0.25) is 11.8 Å². The molecule has 3 rings (SSSR count). The topological polar surface area (TPSA) is 105 Å². The van der Waals surface area contributed by atoms with Crippen LogP contribution in [0.15, 0.2) is 77.7 Å². The smallest absolute Gasteiger partial charge is 0.264 e. The molecule has 0 aliphatic carbocycles. The molecule has 0 unspecified atom stereocenters. The van der Waals surface area contributed by atoms with Crippen LogP contribution in [0, 0.1) is 5.82 Å². The first-order chi connectivity index (χ1) is 19.7. The average Bonchev–Trinajstić information content (AvgIpc) is 2.94. The van der Waals surface area contributed by atoms with Crippen LogP contribution in [0.2, 0.25) is 0 Å². The van der Waals surface area contributed by atoms with Gasteiger partial charge in [-0.25, -0.2) is 12.8 Å². The summed E-state index contributed by atoms with van der Waals surface area (Å²) in [5, 5.41) is 2.88. The SMILES string of the molecule is CCOc1ccc(S(=O)(=O)N(CC(=O)N(Cc2cccc(OC)c2)[C@H](C)C(=O)NC(C)(C)C)c2ccc(F)cc2)cc1. The number of ether oxygens (including phenoxy) is 2. The minimum atomic E-state index is -4.30. The molecule has 42 heavy (non-hydrogen) atoms. The highest BCUT2D eigenvalue weighted by Gasteiger charge is 2.33. The highest BCUT2D eigenvalue weighted by Crippen LogP contribution is 2.26. The normalized spacial score (nSPS) is 12.3. The zero-order valence-electron chi connectivity index (χ0n) is 24.8. The molecule has 3 aromatic carbocycles. The number of anilines is 1. The molecule has 0 aromatic heterocycles. The first kappa shape index (κ1) is 32.4. The first-order valence-corrected chi connectivity index (χ1v) is 14.9. The van der Waals surface area contributed by atoms with Gasteiger partial charge in [0.15, 0.2) is 0 Å². The van der Waals surface area contributed by atoms with Crippen LogP contribution in [0.5, 0.6) is 11.5 Å². The Morgan fingerprint density at radius 1 is 0.976 bits per heavy atom. The third kappa shape index (κ3) is 8.45. The standard InChI is InChI=1S/C31H38FN3O6S/c1-7-41-26-15-17-28(18-16-26)42(38,39)35(25-13-11-24(32)12-14-25)21-29(36)34(22(2)30(37)33-31(3,4)5)20-23-9-8-10-27(19-23)40-6/h8-19,22H,7,20-21H2,1-6H3,(H,33,37)/t22-/m1/s1. The Balaban J connectivity index is 2.03. The maximum Gasteiger partial charge on any atom is 0.264 e. The number of hydrogen-bond donors (Lipinski definition) is 1. The van der Waals surface area contributed by atoms with Crippen molar-refractivity contribution in [1.29, 1.82) is 0 Å². The molecule has 9 nitrogen and oxygen atoms in total. The summed E-state index contributed by atoms with van der Waals surface area (Å²) in [6.07, 6.45) is 0. The number of sulfonamides is 1. The summed E-state index contributed by atoms with van der Waals surface area (Å²) in [5.74, 6) is -0.535. The van der Waals surface area contributed by atoms with Crippen LogP contribution < -0.4 is 19.1 Å². The molecule has 0 saturated heterocycles. The van der Waals surface area contributed by atoms with E-state index in [0.29, 0.717) is 23.7 Å². The molecule has 226 valence electrons. The molecule has 1 N–H and O–H groups in total. The van der Waals surface area contributed by atoms with Gasteiger partial charge in [0.05, 0.1) is 24.3 Å². The number of methoxy groups -OCH3 is 1. The summed E-state index contributed by atoms with van der Waals surface area (Å²) in [6.45, 7) is 8.65. The number of rotatable bonds is 12. The van der Waals surface area contributed by atoms with Gasteiger partial charge in [-0.3, -0.25) is 13.9 Å². The molecule has 0 fully saturated rings. The quantitative estimate of drug-likeness (QED) is 0.322. The van der Waals surface area contributed by atoms with E-state index in [2.05, 4.69) is 5.32 Å². The number of benzene rings is 3. The first-order valence-electron chi connectivity index (χ1n) is 13.5. The largest absolute Gasteiger partial charge is 0.497 e. The van der Waals surface area contributed by atoms with Crippen LogP contribution >= 0.6 is 0 Å². The maximum atomic E-state index is 14.0. The van der Waals surface area contributed by atoms with Crippen LogP contribution in [0.3, 0.4) is 0 Å². The zero-order valence-corrected chi connectivity index (χ0v) is 25.6. The van der Waals surface area contributed by atoms with E-state index in [9.17, 15) is 22.4 Å². The van der Waals surface area contributed by atoms with E-state index < -0.39 is 45.8 Å². The van der Waals surface area contributed by atoms with Gasteiger partial charge in [-0.15, -0.1) is 0 Å². The molecule has 0 radical (unpaired) electrons. The second kappa shape index (κ2) is 13.7. The molecule has 0 heterocycles. The van der Waals surface area contributed by atoms with E-state index in [1.165, 1.54) is 48.4 Å². The van der Waals surface area contributed by atoms with E-state index in [-0.39, 0.29) is 17.1 Å². The van der Waals surface area contributed by atoms with Crippen LogP contribution in [0.4, 0.5) is 10.1 Å². The van der Waals surface area contributed by atoms with E-state index in [1.807, 2.05) is 27.7 Å². The molecule has 0 aliphatic rings. The van der Waals surface area contributed by atoms with E-state index in [0.717, 1.165) is 16.4 Å². The maximum absolute atomic E-state index is 14.0. The van der Waals surface area contributed by atoms with Crippen molar-refractivity contribution in [3.8, 4) is 11.5 Å². The average molecular weight is 600 g/mol. The lowest BCUT2D eigenvalue weighted by Gasteiger charge is -2.33. The summed E-state index contributed by atoms with van der Waals surface area (Å²) in [5.41, 5.74) is 0.209. The number of hydrogen-bond acceptors (Lipinski definition) is 6. The van der Waals surface area contributed by atoms with Crippen molar-refractivity contribution in [3.63, 3.8) is 0 Å². The van der Waals surface area contributed by atoms with E-state index in [1.54, 1.807) is 31.2 Å². The van der Waals surface area contributed by atoms with Gasteiger partial charge in [-0.05, 0) is 101 Å². The van der Waals surface area contributed by atoms with Gasteiger partial charge in [0.1, 0.15) is 29.9 Å². The monoisotopic (exact) mass is 599 g/mol. The molecular formula is C31H38FN3O6S. The van der Waals surface area contributed by atoms with Gasteiger partial charge in [0, 0.05) is 12.1 Å². The lowest BCUT2D eigenvalue weighted by molar-refractivity contribution is -0.140. The Hall–Kier alpha value is -4.12. The Kier molecular flexibility index (Phi) is 10.6. The molecule has 11 heteroatoms. The Morgan fingerprint density at radius 2 is 1.62 bits per heavy atom. The van der Waals surface area contributed by atoms with Crippen LogP contribution in [-0.4, -0.2) is 57.0 Å². The fourth-order valence-electron chi connectivity index (χ4n) is 4.16. The lowest BCUT2D eigenvalue weighted by atomic mass is 10.1. The predicted molar refractivity (Wildman–Crippen MR) is 159 cm³/mol. The van der Waals surface area contributed by atoms with Crippen molar-refractivity contribution < 1.29 is 31.9 Å². The van der Waals surface area contributed by atoms with E-state index in [4.69, 9.17) is 9.47 Å². The molecule has 0 bridgehead atoms. The van der Waals surface area contributed by atoms with Gasteiger partial charge >= 0.3 is 0 Å². The Morgan fingerprint density at radius 3 is 2.19 bits per heavy atom. The molecule has 1 atom stereocenters. The highest BCUT2D eigenvalue weighted by atomic mass is 32.2. The van der Waals surface area contributed by atoms with Gasteiger partial charge < -0.3 is 19.7 Å². The number of amides is 2. The van der Waals surface area contributed by atoms with Crippen LogP contribution in [-0.2, 0) is 26.2 Å². The van der Waals surface area contributed by atoms with Gasteiger partial charge in [-0.1, -0.05) is 12.1 Å². The van der Waals surface area contributed by atoms with Gasteiger partial charge in [0.25, 0.3) is 10.0 Å². The predicted octanol–water partition coefficient (Wildman–Crippen LogP) is 4.76. The second-order valence-corrected chi connectivity index (χ2v) is 12.5. The second-order valence-electron chi connectivity index (χ2n) is 10.7. The van der Waals surface area contributed by atoms with Crippen molar-refractivity contribution in [1.82, 2.24) is 10.2 Å². The zero-order chi connectivity index (χ0) is 31.1. The van der Waals surface area contributed by atoms with E-state index >= 15 is 0 Å². The minimum absolute atomic E-state index is 0.00905. The number of halogens is 1. The molecular weight excluding hydrogens is 561 g/mol. The van der Waals surface area contributed by atoms with Crippen LogP contribution in [0.1, 0.15) is 40.2 Å². The van der Waals surface area contributed by atoms with Crippen molar-refractivity contribution in [2.75, 3.05) is 24.6 Å². The summed E-state index contributed by atoms with van der Waals surface area (Å²) in [4.78, 5) is 28.4. The Labute approximate surface area is 247 Å². The molecule has 0 spiro atoms. The van der Waals surface area contributed by atoms with Gasteiger partial charge in [-0.2, -0.15) is 0 Å². The fraction of sp³-hybridized carbons (Fsp3) is 0.355. The summed E-state index contributed by atoms with van der Waals surface area (Å²) in [6, 6.07) is 16.7. The number of carbonyl (C=O) groups excluding carboxylic acids is 2. The van der Waals surface area contributed by atoms with Crippen molar-refractivity contribution in [2.24, 2.45) is 0 Å².